The Labute approximate surface area is 127 Å². The molecule has 2 rings (SSSR count). The summed E-state index contributed by atoms with van der Waals surface area (Å²) in [5, 5.41) is 5.28. The summed E-state index contributed by atoms with van der Waals surface area (Å²) in [6.45, 7) is 1.92. The molecule has 7 heteroatoms. The number of aromatic nitrogens is 1. The summed E-state index contributed by atoms with van der Waals surface area (Å²) in [7, 11) is 1.53. The van der Waals surface area contributed by atoms with Gasteiger partial charge in [-0.05, 0) is 24.6 Å². The zero-order chi connectivity index (χ0) is 15.9. The SMILES string of the molecule is COc1ccc(CNC(=O)C(C)NC(=O)c2ccco2)cn1. The van der Waals surface area contributed by atoms with Crippen LogP contribution in [-0.4, -0.2) is 29.9 Å². The van der Waals surface area contributed by atoms with Crippen LogP contribution in [-0.2, 0) is 11.3 Å². The lowest BCUT2D eigenvalue weighted by molar-refractivity contribution is -0.122. The molecule has 2 heterocycles. The molecule has 0 radical (unpaired) electrons. The summed E-state index contributed by atoms with van der Waals surface area (Å²) in [6, 6.07) is 5.98. The monoisotopic (exact) mass is 303 g/mol. The third-order valence-electron chi connectivity index (χ3n) is 2.96. The standard InChI is InChI=1S/C15H17N3O4/c1-10(18-15(20)12-4-3-7-22-12)14(19)17-9-11-5-6-13(21-2)16-8-11/h3-8,10H,9H2,1-2H3,(H,17,19)(H,18,20). The normalized spacial score (nSPS) is 11.5. The van der Waals surface area contributed by atoms with Gasteiger partial charge in [0.25, 0.3) is 5.91 Å². The first-order chi connectivity index (χ1) is 10.6. The molecule has 1 atom stereocenters. The van der Waals surface area contributed by atoms with Gasteiger partial charge in [-0.15, -0.1) is 0 Å². The van der Waals surface area contributed by atoms with E-state index in [1.807, 2.05) is 0 Å². The van der Waals surface area contributed by atoms with E-state index in [4.69, 9.17) is 9.15 Å². The minimum absolute atomic E-state index is 0.166. The van der Waals surface area contributed by atoms with Crippen LogP contribution in [0.2, 0.25) is 0 Å². The highest BCUT2D eigenvalue weighted by molar-refractivity contribution is 5.95. The first-order valence-corrected chi connectivity index (χ1v) is 6.71. The molecule has 0 aliphatic carbocycles. The Morgan fingerprint density at radius 1 is 1.36 bits per heavy atom. The van der Waals surface area contributed by atoms with Crippen LogP contribution in [0.4, 0.5) is 0 Å². The van der Waals surface area contributed by atoms with Crippen LogP contribution in [0.5, 0.6) is 5.88 Å². The number of amides is 2. The number of rotatable bonds is 6. The maximum Gasteiger partial charge on any atom is 0.287 e. The number of nitrogens with one attached hydrogen (secondary N) is 2. The van der Waals surface area contributed by atoms with Crippen molar-refractivity contribution in [2.45, 2.75) is 19.5 Å². The van der Waals surface area contributed by atoms with Gasteiger partial charge in [0.1, 0.15) is 6.04 Å². The molecule has 0 spiro atoms. The third-order valence-corrected chi connectivity index (χ3v) is 2.96. The van der Waals surface area contributed by atoms with Crippen molar-refractivity contribution >= 4 is 11.8 Å². The van der Waals surface area contributed by atoms with E-state index in [-0.39, 0.29) is 11.7 Å². The number of ether oxygens (including phenoxy) is 1. The van der Waals surface area contributed by atoms with Crippen molar-refractivity contribution < 1.29 is 18.7 Å². The lowest BCUT2D eigenvalue weighted by atomic mass is 10.2. The first kappa shape index (κ1) is 15.6. The topological polar surface area (TPSA) is 93.5 Å². The predicted molar refractivity (Wildman–Crippen MR) is 78.3 cm³/mol. The summed E-state index contributed by atoms with van der Waals surface area (Å²) in [6.07, 6.45) is 3.02. The van der Waals surface area contributed by atoms with Crippen molar-refractivity contribution in [1.82, 2.24) is 15.6 Å². The molecule has 0 aliphatic heterocycles. The summed E-state index contributed by atoms with van der Waals surface area (Å²) < 4.78 is 9.92. The van der Waals surface area contributed by atoms with Crippen LogP contribution in [0.25, 0.3) is 0 Å². The summed E-state index contributed by atoms with van der Waals surface area (Å²) in [5.41, 5.74) is 0.832. The molecule has 7 nitrogen and oxygen atoms in total. The van der Waals surface area contributed by atoms with Crippen LogP contribution in [0.15, 0.2) is 41.1 Å². The van der Waals surface area contributed by atoms with Gasteiger partial charge in [0.05, 0.1) is 13.4 Å². The van der Waals surface area contributed by atoms with Gasteiger partial charge in [-0.25, -0.2) is 4.98 Å². The zero-order valence-electron chi connectivity index (χ0n) is 12.3. The van der Waals surface area contributed by atoms with Gasteiger partial charge in [-0.3, -0.25) is 9.59 Å². The highest BCUT2D eigenvalue weighted by Gasteiger charge is 2.17. The molecular formula is C15H17N3O4. The number of hydrogen-bond donors (Lipinski definition) is 2. The van der Waals surface area contributed by atoms with Gasteiger partial charge >= 0.3 is 0 Å². The molecule has 2 amide bonds. The van der Waals surface area contributed by atoms with E-state index < -0.39 is 11.9 Å². The molecule has 2 N–H and O–H groups in total. The van der Waals surface area contributed by atoms with Gasteiger partial charge in [-0.2, -0.15) is 0 Å². The van der Waals surface area contributed by atoms with Gasteiger partial charge < -0.3 is 19.8 Å². The van der Waals surface area contributed by atoms with Crippen molar-refractivity contribution in [3.63, 3.8) is 0 Å². The van der Waals surface area contributed by atoms with Crippen LogP contribution < -0.4 is 15.4 Å². The quantitative estimate of drug-likeness (QED) is 0.834. The molecule has 0 bridgehead atoms. The molecule has 2 aromatic rings. The average Bonchev–Trinajstić information content (AvgIpc) is 3.07. The van der Waals surface area contributed by atoms with Crippen molar-refractivity contribution in [2.75, 3.05) is 7.11 Å². The average molecular weight is 303 g/mol. The molecule has 0 fully saturated rings. The van der Waals surface area contributed by atoms with Crippen molar-refractivity contribution in [3.05, 3.63) is 48.0 Å². The van der Waals surface area contributed by atoms with Crippen molar-refractivity contribution in [2.24, 2.45) is 0 Å². The van der Waals surface area contributed by atoms with E-state index in [1.54, 1.807) is 31.3 Å². The molecule has 0 saturated carbocycles. The molecule has 0 aromatic carbocycles. The fourth-order valence-electron chi connectivity index (χ4n) is 1.72. The van der Waals surface area contributed by atoms with E-state index in [1.165, 1.54) is 19.4 Å². The lowest BCUT2D eigenvalue weighted by Crippen LogP contribution is -2.44. The molecule has 2 aromatic heterocycles. The number of furan rings is 1. The Hall–Kier alpha value is -2.83. The number of nitrogens with zero attached hydrogens (tertiary/aromatic N) is 1. The van der Waals surface area contributed by atoms with E-state index in [0.29, 0.717) is 12.4 Å². The fourth-order valence-corrected chi connectivity index (χ4v) is 1.72. The number of hydrogen-bond acceptors (Lipinski definition) is 5. The zero-order valence-corrected chi connectivity index (χ0v) is 12.3. The van der Waals surface area contributed by atoms with E-state index in [9.17, 15) is 9.59 Å². The van der Waals surface area contributed by atoms with Gasteiger partial charge in [0.2, 0.25) is 11.8 Å². The summed E-state index contributed by atoms with van der Waals surface area (Å²) >= 11 is 0. The van der Waals surface area contributed by atoms with E-state index >= 15 is 0 Å². The van der Waals surface area contributed by atoms with Crippen LogP contribution in [0.1, 0.15) is 23.0 Å². The molecule has 0 saturated heterocycles. The second-order valence-electron chi connectivity index (χ2n) is 4.60. The Bertz CT molecular complexity index is 623. The van der Waals surface area contributed by atoms with Gasteiger partial charge in [0, 0.05) is 18.8 Å². The van der Waals surface area contributed by atoms with Crippen LogP contribution in [0.3, 0.4) is 0 Å². The third kappa shape index (κ3) is 4.08. The minimum atomic E-state index is -0.677. The predicted octanol–water partition coefficient (Wildman–Crippen LogP) is 1.12. The minimum Gasteiger partial charge on any atom is -0.481 e. The molecular weight excluding hydrogens is 286 g/mol. The van der Waals surface area contributed by atoms with E-state index in [2.05, 4.69) is 15.6 Å². The van der Waals surface area contributed by atoms with Crippen LogP contribution >= 0.6 is 0 Å². The molecule has 116 valence electrons. The van der Waals surface area contributed by atoms with Gasteiger partial charge in [-0.1, -0.05) is 6.07 Å². The smallest absolute Gasteiger partial charge is 0.287 e. The Morgan fingerprint density at radius 3 is 2.77 bits per heavy atom. The molecule has 1 unspecified atom stereocenters. The largest absolute Gasteiger partial charge is 0.481 e. The fraction of sp³-hybridized carbons (Fsp3) is 0.267. The molecule has 22 heavy (non-hydrogen) atoms. The number of methoxy groups -OCH3 is 1. The highest BCUT2D eigenvalue weighted by Crippen LogP contribution is 2.06. The van der Waals surface area contributed by atoms with Crippen molar-refractivity contribution in [3.8, 4) is 5.88 Å². The number of carbonyl (C=O) groups is 2. The summed E-state index contributed by atoms with van der Waals surface area (Å²) in [5.74, 6) is -0.0531. The van der Waals surface area contributed by atoms with Crippen LogP contribution in [0, 0.1) is 0 Å². The first-order valence-electron chi connectivity index (χ1n) is 6.71. The van der Waals surface area contributed by atoms with Crippen molar-refractivity contribution in [1.29, 1.82) is 0 Å². The maximum absolute atomic E-state index is 11.9. The lowest BCUT2D eigenvalue weighted by Gasteiger charge is -2.13. The van der Waals surface area contributed by atoms with Gasteiger partial charge in [0.15, 0.2) is 5.76 Å². The number of carbonyl (C=O) groups excluding carboxylic acids is 2. The second-order valence-corrected chi connectivity index (χ2v) is 4.60. The highest BCUT2D eigenvalue weighted by atomic mass is 16.5. The Kier molecular flexibility index (Phi) is 5.13. The summed E-state index contributed by atoms with van der Waals surface area (Å²) in [4.78, 5) is 27.7. The second kappa shape index (κ2) is 7.26. The number of pyridine rings is 1. The van der Waals surface area contributed by atoms with E-state index in [0.717, 1.165) is 5.56 Å². The molecule has 0 aliphatic rings. The Balaban J connectivity index is 1.82. The maximum atomic E-state index is 11.9. The Morgan fingerprint density at radius 2 is 2.18 bits per heavy atom.